The number of hydrogen-bond acceptors (Lipinski definition) is 3. The Morgan fingerprint density at radius 2 is 1.96 bits per heavy atom. The number of amides is 1. The molecule has 0 fully saturated rings. The molecule has 1 amide bonds. The quantitative estimate of drug-likeness (QED) is 0.658. The fraction of sp³-hybridized carbons (Fsp3) is 0.176. The van der Waals surface area contributed by atoms with E-state index in [0.717, 1.165) is 16.6 Å². The van der Waals surface area contributed by atoms with Crippen molar-refractivity contribution in [1.82, 2.24) is 5.32 Å². The van der Waals surface area contributed by atoms with Gasteiger partial charge in [-0.1, -0.05) is 34.5 Å². The first-order chi connectivity index (χ1) is 11.5. The van der Waals surface area contributed by atoms with E-state index in [-0.39, 0.29) is 11.0 Å². The van der Waals surface area contributed by atoms with Crippen molar-refractivity contribution in [3.8, 4) is 5.75 Å². The van der Waals surface area contributed by atoms with Gasteiger partial charge in [-0.2, -0.15) is 0 Å². The van der Waals surface area contributed by atoms with Crippen molar-refractivity contribution >= 4 is 56.5 Å². The molecule has 0 bridgehead atoms. The topological polar surface area (TPSA) is 50.4 Å². The molecule has 0 aromatic heterocycles. The second-order valence-corrected chi connectivity index (χ2v) is 6.66. The summed E-state index contributed by atoms with van der Waals surface area (Å²) in [5.74, 6) is 0.181. The summed E-state index contributed by atoms with van der Waals surface area (Å²) in [6.45, 7) is 2.54. The Morgan fingerprint density at radius 1 is 1.25 bits per heavy atom. The number of halogens is 2. The third-order valence-electron chi connectivity index (χ3n) is 2.98. The van der Waals surface area contributed by atoms with E-state index in [2.05, 4.69) is 26.6 Å². The van der Waals surface area contributed by atoms with E-state index in [1.54, 1.807) is 36.4 Å². The van der Waals surface area contributed by atoms with Gasteiger partial charge in [0.2, 0.25) is 0 Å². The number of hydrogen-bond donors (Lipinski definition) is 2. The first-order valence-corrected chi connectivity index (χ1v) is 8.87. The van der Waals surface area contributed by atoms with E-state index in [1.165, 1.54) is 0 Å². The van der Waals surface area contributed by atoms with Crippen LogP contribution < -0.4 is 15.4 Å². The summed E-state index contributed by atoms with van der Waals surface area (Å²) in [6.07, 6.45) is 0.855. The minimum absolute atomic E-state index is 0.198. The number of thiocarbonyl (C=S) groups is 1. The van der Waals surface area contributed by atoms with Crippen LogP contribution in [0.2, 0.25) is 5.02 Å². The zero-order valence-corrected chi connectivity index (χ0v) is 16.1. The van der Waals surface area contributed by atoms with Crippen LogP contribution in [0.15, 0.2) is 46.9 Å². The van der Waals surface area contributed by atoms with E-state index in [9.17, 15) is 4.79 Å². The maximum absolute atomic E-state index is 12.5. The summed E-state index contributed by atoms with van der Waals surface area (Å²) in [7, 11) is 0. The highest BCUT2D eigenvalue weighted by Crippen LogP contribution is 2.23. The Morgan fingerprint density at radius 3 is 2.62 bits per heavy atom. The molecule has 0 aliphatic carbocycles. The lowest BCUT2D eigenvalue weighted by Crippen LogP contribution is -2.34. The van der Waals surface area contributed by atoms with Gasteiger partial charge in [0.25, 0.3) is 5.91 Å². The highest BCUT2D eigenvalue weighted by atomic mass is 79.9. The molecule has 2 aromatic carbocycles. The van der Waals surface area contributed by atoms with E-state index >= 15 is 0 Å². The van der Waals surface area contributed by atoms with Crippen LogP contribution in [0, 0.1) is 0 Å². The zero-order chi connectivity index (χ0) is 17.5. The van der Waals surface area contributed by atoms with Crippen molar-refractivity contribution in [2.75, 3.05) is 11.9 Å². The van der Waals surface area contributed by atoms with Gasteiger partial charge in [0, 0.05) is 15.2 Å². The Balaban J connectivity index is 2.06. The van der Waals surface area contributed by atoms with Crippen LogP contribution in [0.25, 0.3) is 0 Å². The number of carbonyl (C=O) groups excluding carboxylic acids is 1. The average Bonchev–Trinajstić information content (AvgIpc) is 2.55. The van der Waals surface area contributed by atoms with E-state index in [1.807, 2.05) is 13.0 Å². The predicted molar refractivity (Wildman–Crippen MR) is 105 cm³/mol. The van der Waals surface area contributed by atoms with E-state index in [4.69, 9.17) is 28.6 Å². The molecule has 4 nitrogen and oxygen atoms in total. The SMILES string of the molecule is CCCOc1ccc(Br)cc1C(=O)NC(=S)Nc1ccc(Cl)cc1. The number of benzene rings is 2. The maximum atomic E-state index is 12.5. The van der Waals surface area contributed by atoms with Crippen molar-refractivity contribution in [1.29, 1.82) is 0 Å². The van der Waals surface area contributed by atoms with Gasteiger partial charge in [0.1, 0.15) is 5.75 Å². The molecular weight excluding hydrogens is 412 g/mol. The first-order valence-electron chi connectivity index (χ1n) is 7.30. The molecule has 24 heavy (non-hydrogen) atoms. The van der Waals surface area contributed by atoms with Crippen LogP contribution in [-0.2, 0) is 0 Å². The molecule has 7 heteroatoms. The molecule has 2 N–H and O–H groups in total. The van der Waals surface area contributed by atoms with Gasteiger partial charge in [0.15, 0.2) is 5.11 Å². The summed E-state index contributed by atoms with van der Waals surface area (Å²) in [5.41, 5.74) is 1.15. The molecular formula is C17H16BrClN2O2S. The molecule has 0 heterocycles. The lowest BCUT2D eigenvalue weighted by atomic mass is 10.2. The van der Waals surface area contributed by atoms with Gasteiger partial charge < -0.3 is 10.1 Å². The molecule has 0 radical (unpaired) electrons. The Bertz CT molecular complexity index is 738. The van der Waals surface area contributed by atoms with Crippen LogP contribution in [0.4, 0.5) is 5.69 Å². The number of nitrogens with one attached hydrogen (secondary N) is 2. The number of ether oxygens (including phenoxy) is 1. The van der Waals surface area contributed by atoms with Crippen LogP contribution in [0.1, 0.15) is 23.7 Å². The molecule has 0 atom stereocenters. The minimum atomic E-state index is -0.339. The molecule has 0 saturated heterocycles. The third kappa shape index (κ3) is 5.47. The maximum Gasteiger partial charge on any atom is 0.261 e. The van der Waals surface area contributed by atoms with Crippen molar-refractivity contribution in [2.24, 2.45) is 0 Å². The van der Waals surface area contributed by atoms with Gasteiger partial charge in [0.05, 0.1) is 12.2 Å². The van der Waals surface area contributed by atoms with Crippen LogP contribution in [-0.4, -0.2) is 17.6 Å². The highest BCUT2D eigenvalue weighted by Gasteiger charge is 2.14. The van der Waals surface area contributed by atoms with Crippen molar-refractivity contribution in [3.05, 3.63) is 57.5 Å². The Hall–Kier alpha value is -1.63. The molecule has 2 aromatic rings. The van der Waals surface area contributed by atoms with E-state index in [0.29, 0.717) is 22.9 Å². The van der Waals surface area contributed by atoms with Crippen molar-refractivity contribution in [2.45, 2.75) is 13.3 Å². The zero-order valence-electron chi connectivity index (χ0n) is 12.9. The number of carbonyl (C=O) groups is 1. The molecule has 0 aliphatic heterocycles. The second-order valence-electron chi connectivity index (χ2n) is 4.90. The smallest absolute Gasteiger partial charge is 0.261 e. The minimum Gasteiger partial charge on any atom is -0.493 e. The fourth-order valence-electron chi connectivity index (χ4n) is 1.88. The summed E-state index contributed by atoms with van der Waals surface area (Å²) < 4.78 is 6.40. The van der Waals surface area contributed by atoms with Gasteiger partial charge in [-0.05, 0) is 61.1 Å². The monoisotopic (exact) mass is 426 g/mol. The molecule has 2 rings (SSSR count). The lowest BCUT2D eigenvalue weighted by Gasteiger charge is -2.13. The molecule has 0 saturated carbocycles. The Kier molecular flexibility index (Phi) is 7.02. The predicted octanol–water partition coefficient (Wildman–Crippen LogP) is 5.02. The van der Waals surface area contributed by atoms with Crippen molar-refractivity contribution < 1.29 is 9.53 Å². The molecule has 0 aliphatic rings. The third-order valence-corrected chi connectivity index (χ3v) is 3.93. The van der Waals surface area contributed by atoms with Gasteiger partial charge in [-0.15, -0.1) is 0 Å². The lowest BCUT2D eigenvalue weighted by molar-refractivity contribution is 0.0973. The van der Waals surface area contributed by atoms with Gasteiger partial charge >= 0.3 is 0 Å². The molecule has 126 valence electrons. The normalized spacial score (nSPS) is 10.1. The van der Waals surface area contributed by atoms with Gasteiger partial charge in [-0.3, -0.25) is 10.1 Å². The summed E-state index contributed by atoms with van der Waals surface area (Å²) >= 11 is 14.4. The second kappa shape index (κ2) is 9.01. The van der Waals surface area contributed by atoms with Gasteiger partial charge in [-0.25, -0.2) is 0 Å². The standard InChI is InChI=1S/C17H16BrClN2O2S/c1-2-9-23-15-8-3-11(18)10-14(15)16(22)21-17(24)20-13-6-4-12(19)5-7-13/h3-8,10H,2,9H2,1H3,(H2,20,21,22,24). The summed E-state index contributed by atoms with van der Waals surface area (Å²) in [6, 6.07) is 12.3. The number of anilines is 1. The molecule has 0 spiro atoms. The van der Waals surface area contributed by atoms with Crippen LogP contribution >= 0.6 is 39.7 Å². The average molecular weight is 428 g/mol. The van der Waals surface area contributed by atoms with Crippen LogP contribution in [0.3, 0.4) is 0 Å². The largest absolute Gasteiger partial charge is 0.493 e. The van der Waals surface area contributed by atoms with Crippen LogP contribution in [0.5, 0.6) is 5.75 Å². The van der Waals surface area contributed by atoms with Crippen molar-refractivity contribution in [3.63, 3.8) is 0 Å². The molecule has 0 unspecified atom stereocenters. The summed E-state index contributed by atoms with van der Waals surface area (Å²) in [5, 5.41) is 6.41. The highest BCUT2D eigenvalue weighted by molar-refractivity contribution is 9.10. The van der Waals surface area contributed by atoms with E-state index < -0.39 is 0 Å². The Labute approximate surface area is 159 Å². The fourth-order valence-corrected chi connectivity index (χ4v) is 2.58. The first kappa shape index (κ1) is 18.7. The number of rotatable bonds is 5. The summed E-state index contributed by atoms with van der Waals surface area (Å²) in [4.78, 5) is 12.5.